The Bertz CT molecular complexity index is 1240. The van der Waals surface area contributed by atoms with Gasteiger partial charge in [-0.25, -0.2) is 9.67 Å². The van der Waals surface area contributed by atoms with Gasteiger partial charge in [-0.1, -0.05) is 0 Å². The molecule has 0 aliphatic heterocycles. The summed E-state index contributed by atoms with van der Waals surface area (Å²) in [5.41, 5.74) is 2.19. The van der Waals surface area contributed by atoms with Gasteiger partial charge in [-0.2, -0.15) is 5.10 Å². The van der Waals surface area contributed by atoms with Gasteiger partial charge in [0.05, 0.1) is 31.8 Å². The molecule has 146 valence electrons. The summed E-state index contributed by atoms with van der Waals surface area (Å²) in [6.07, 6.45) is 5.07. The summed E-state index contributed by atoms with van der Waals surface area (Å²) < 4.78 is 13.0. The number of methoxy groups -OCH3 is 2. The molecule has 0 saturated heterocycles. The molecule has 0 unspecified atom stereocenters. The third kappa shape index (κ3) is 3.71. The van der Waals surface area contributed by atoms with Gasteiger partial charge in [0, 0.05) is 29.5 Å². The Morgan fingerprint density at radius 2 is 1.66 bits per heavy atom. The fraction of sp³-hybridized carbons (Fsp3) is 0.143. The van der Waals surface area contributed by atoms with E-state index in [1.54, 1.807) is 44.9 Å². The summed E-state index contributed by atoms with van der Waals surface area (Å²) in [5, 5.41) is 5.85. The second-order valence-electron chi connectivity index (χ2n) is 6.29. The molecule has 0 amide bonds. The van der Waals surface area contributed by atoms with Crippen LogP contribution in [0.1, 0.15) is 5.56 Å². The number of hydrogen-bond donors (Lipinski definition) is 0. The maximum atomic E-state index is 13.2. The Hall–Kier alpha value is -3.26. The molecule has 8 heteroatoms. The summed E-state index contributed by atoms with van der Waals surface area (Å²) in [6.45, 7) is 0.324. The van der Waals surface area contributed by atoms with Gasteiger partial charge in [0.15, 0.2) is 11.5 Å². The molecule has 0 spiro atoms. The second kappa shape index (κ2) is 8.00. The van der Waals surface area contributed by atoms with E-state index in [0.717, 1.165) is 11.1 Å². The van der Waals surface area contributed by atoms with Crippen molar-refractivity contribution in [3.8, 4) is 22.8 Å². The van der Waals surface area contributed by atoms with Gasteiger partial charge in [0.25, 0.3) is 5.56 Å². The Labute approximate surface area is 175 Å². The van der Waals surface area contributed by atoms with E-state index in [0.29, 0.717) is 39.1 Å². The van der Waals surface area contributed by atoms with Gasteiger partial charge in [-0.3, -0.25) is 9.78 Å². The van der Waals surface area contributed by atoms with Crippen LogP contribution in [0.3, 0.4) is 0 Å². The first-order valence-corrected chi connectivity index (χ1v) is 9.57. The number of hydrogen-bond acceptors (Lipinski definition) is 6. The zero-order valence-corrected chi connectivity index (χ0v) is 17.4. The van der Waals surface area contributed by atoms with Crippen LogP contribution in [0, 0.1) is 0 Å². The molecule has 0 atom stereocenters. The van der Waals surface area contributed by atoms with Gasteiger partial charge >= 0.3 is 0 Å². The molecule has 4 rings (SSSR count). The molecule has 1 aromatic carbocycles. The summed E-state index contributed by atoms with van der Waals surface area (Å²) >= 11 is 3.40. The van der Waals surface area contributed by atoms with Crippen LogP contribution >= 0.6 is 15.9 Å². The highest BCUT2D eigenvalue weighted by atomic mass is 79.9. The largest absolute Gasteiger partial charge is 0.493 e. The standard InChI is InChI=1S/C21H17BrN4O3/c1-28-17-10-15-16(11-18(17)29-2)21(27)26(12-13-3-6-23-7-4-13)25-20(15)14-5-8-24-19(22)9-14/h3-11H,12H2,1-2H3. The Morgan fingerprint density at radius 3 is 2.31 bits per heavy atom. The molecule has 0 aliphatic carbocycles. The van der Waals surface area contributed by atoms with Gasteiger partial charge in [0.1, 0.15) is 4.60 Å². The van der Waals surface area contributed by atoms with E-state index >= 15 is 0 Å². The lowest BCUT2D eigenvalue weighted by molar-refractivity contribution is 0.356. The second-order valence-corrected chi connectivity index (χ2v) is 7.10. The molecular weight excluding hydrogens is 436 g/mol. The minimum absolute atomic E-state index is 0.213. The van der Waals surface area contributed by atoms with Crippen LogP contribution in [-0.2, 0) is 6.54 Å². The van der Waals surface area contributed by atoms with Crippen molar-refractivity contribution in [1.29, 1.82) is 0 Å². The average molecular weight is 453 g/mol. The fourth-order valence-corrected chi connectivity index (χ4v) is 3.51. The topological polar surface area (TPSA) is 79.1 Å². The molecule has 0 aliphatic rings. The highest BCUT2D eigenvalue weighted by molar-refractivity contribution is 9.10. The fourth-order valence-electron chi connectivity index (χ4n) is 3.14. The van der Waals surface area contributed by atoms with Crippen molar-refractivity contribution in [3.05, 3.63) is 75.5 Å². The van der Waals surface area contributed by atoms with Crippen LogP contribution in [-0.4, -0.2) is 34.0 Å². The molecular formula is C21H17BrN4O3. The number of halogens is 1. The summed E-state index contributed by atoms with van der Waals surface area (Å²) in [4.78, 5) is 21.4. The molecule has 3 heterocycles. The number of ether oxygens (including phenoxy) is 2. The van der Waals surface area contributed by atoms with Gasteiger partial charge in [-0.15, -0.1) is 0 Å². The third-order valence-electron chi connectivity index (χ3n) is 4.55. The highest BCUT2D eigenvalue weighted by Crippen LogP contribution is 2.35. The lowest BCUT2D eigenvalue weighted by Crippen LogP contribution is -2.24. The molecule has 0 bridgehead atoms. The van der Waals surface area contributed by atoms with Crippen LogP contribution in [0.15, 0.2) is 64.4 Å². The smallest absolute Gasteiger partial charge is 0.275 e. The number of fused-ring (bicyclic) bond motifs is 1. The van der Waals surface area contributed by atoms with E-state index in [1.165, 1.54) is 4.68 Å². The first-order valence-electron chi connectivity index (χ1n) is 8.78. The lowest BCUT2D eigenvalue weighted by Gasteiger charge is -2.14. The molecule has 29 heavy (non-hydrogen) atoms. The number of benzene rings is 1. The summed E-state index contributed by atoms with van der Waals surface area (Å²) in [6, 6.07) is 10.9. The minimum atomic E-state index is -0.213. The molecule has 3 aromatic heterocycles. The first-order chi connectivity index (χ1) is 14.1. The normalized spacial score (nSPS) is 10.9. The molecule has 0 N–H and O–H groups in total. The van der Waals surface area contributed by atoms with Crippen molar-refractivity contribution in [2.75, 3.05) is 14.2 Å². The van der Waals surface area contributed by atoms with Crippen molar-refractivity contribution in [2.45, 2.75) is 6.54 Å². The van der Waals surface area contributed by atoms with E-state index in [-0.39, 0.29) is 5.56 Å². The molecule has 7 nitrogen and oxygen atoms in total. The SMILES string of the molecule is COc1cc2c(-c3ccnc(Br)c3)nn(Cc3ccncc3)c(=O)c2cc1OC. The predicted molar refractivity (Wildman–Crippen MR) is 113 cm³/mol. The summed E-state index contributed by atoms with van der Waals surface area (Å²) in [5.74, 6) is 1.02. The maximum absolute atomic E-state index is 13.2. The van der Waals surface area contributed by atoms with Gasteiger partial charge in [0.2, 0.25) is 0 Å². The Kier molecular flexibility index (Phi) is 5.26. The van der Waals surface area contributed by atoms with Gasteiger partial charge < -0.3 is 9.47 Å². The zero-order chi connectivity index (χ0) is 20.4. The number of rotatable bonds is 5. The number of pyridine rings is 2. The van der Waals surface area contributed by atoms with Crippen LogP contribution in [0.5, 0.6) is 11.5 Å². The Morgan fingerprint density at radius 1 is 0.966 bits per heavy atom. The molecule has 0 radical (unpaired) electrons. The van der Waals surface area contributed by atoms with E-state index in [2.05, 4.69) is 31.0 Å². The number of nitrogens with zero attached hydrogens (tertiary/aromatic N) is 4. The molecule has 4 aromatic rings. The Balaban J connectivity index is 2.02. The van der Waals surface area contributed by atoms with Crippen molar-refractivity contribution in [3.63, 3.8) is 0 Å². The van der Waals surface area contributed by atoms with Crippen LogP contribution < -0.4 is 15.0 Å². The molecule has 0 saturated carbocycles. The first kappa shape index (κ1) is 19.1. The third-order valence-corrected chi connectivity index (χ3v) is 4.98. The van der Waals surface area contributed by atoms with Crippen LogP contribution in [0.2, 0.25) is 0 Å². The van der Waals surface area contributed by atoms with Crippen LogP contribution in [0.4, 0.5) is 0 Å². The van der Waals surface area contributed by atoms with E-state index in [4.69, 9.17) is 9.47 Å². The predicted octanol–water partition coefficient (Wildman–Crippen LogP) is 3.68. The highest BCUT2D eigenvalue weighted by Gasteiger charge is 2.17. The van der Waals surface area contributed by atoms with Crippen molar-refractivity contribution in [1.82, 2.24) is 19.7 Å². The maximum Gasteiger partial charge on any atom is 0.275 e. The average Bonchev–Trinajstić information content (AvgIpc) is 2.75. The zero-order valence-electron chi connectivity index (χ0n) is 15.8. The summed E-state index contributed by atoms with van der Waals surface area (Å²) in [7, 11) is 3.10. The van der Waals surface area contributed by atoms with E-state index in [1.807, 2.05) is 24.3 Å². The molecule has 0 fully saturated rings. The van der Waals surface area contributed by atoms with Crippen molar-refractivity contribution < 1.29 is 9.47 Å². The van der Waals surface area contributed by atoms with Crippen molar-refractivity contribution in [2.24, 2.45) is 0 Å². The van der Waals surface area contributed by atoms with Crippen molar-refractivity contribution >= 4 is 26.7 Å². The van der Waals surface area contributed by atoms with Gasteiger partial charge in [-0.05, 0) is 57.9 Å². The minimum Gasteiger partial charge on any atom is -0.493 e. The monoisotopic (exact) mass is 452 g/mol. The number of aromatic nitrogens is 4. The lowest BCUT2D eigenvalue weighted by atomic mass is 10.0. The van der Waals surface area contributed by atoms with E-state index < -0.39 is 0 Å². The van der Waals surface area contributed by atoms with E-state index in [9.17, 15) is 4.79 Å². The van der Waals surface area contributed by atoms with Crippen LogP contribution in [0.25, 0.3) is 22.0 Å². The quantitative estimate of drug-likeness (QED) is 0.429.